The molecule has 2 heterocycles. The molecule has 25 heavy (non-hydrogen) atoms. The molecule has 0 unspecified atom stereocenters. The summed E-state index contributed by atoms with van der Waals surface area (Å²) >= 11 is 4.70. The zero-order chi connectivity index (χ0) is 17.8. The zero-order valence-corrected chi connectivity index (χ0v) is 16.4. The molecule has 1 amide bonds. The van der Waals surface area contributed by atoms with Crippen LogP contribution in [-0.2, 0) is 4.79 Å². The minimum absolute atomic E-state index is 0.165. The molecule has 1 aromatic carbocycles. The van der Waals surface area contributed by atoms with Crippen molar-refractivity contribution >= 4 is 56.4 Å². The van der Waals surface area contributed by atoms with Crippen LogP contribution in [0.5, 0.6) is 0 Å². The van der Waals surface area contributed by atoms with Gasteiger partial charge in [0.2, 0.25) is 0 Å². The number of rotatable bonds is 5. The van der Waals surface area contributed by atoms with Gasteiger partial charge in [-0.2, -0.15) is 0 Å². The van der Waals surface area contributed by atoms with E-state index in [0.29, 0.717) is 15.8 Å². The van der Waals surface area contributed by atoms with Gasteiger partial charge in [0.25, 0.3) is 5.91 Å². The Bertz CT molecular complexity index is 823. The molecule has 3 rings (SSSR count). The van der Waals surface area contributed by atoms with Crippen LogP contribution in [0.1, 0.15) is 19.6 Å². The maximum atomic E-state index is 12.1. The SMILES string of the molecule is CCN(CC)c1ccc(C=C2SC(=Nc3ccc(Br)cc3)NC2=O)o1. The second-order valence-electron chi connectivity index (χ2n) is 5.31. The van der Waals surface area contributed by atoms with Crippen molar-refractivity contribution < 1.29 is 9.21 Å². The molecule has 1 aliphatic rings. The number of aliphatic imine (C=N–C) groups is 1. The highest BCUT2D eigenvalue weighted by Gasteiger charge is 2.24. The minimum atomic E-state index is -0.165. The Labute approximate surface area is 159 Å². The van der Waals surface area contributed by atoms with E-state index in [1.54, 1.807) is 6.08 Å². The number of hydrogen-bond acceptors (Lipinski definition) is 5. The molecule has 1 fully saturated rings. The third kappa shape index (κ3) is 4.35. The lowest BCUT2D eigenvalue weighted by Crippen LogP contribution is -2.20. The summed E-state index contributed by atoms with van der Waals surface area (Å²) in [5.74, 6) is 1.30. The van der Waals surface area contributed by atoms with E-state index in [1.165, 1.54) is 11.8 Å². The van der Waals surface area contributed by atoms with Crippen LogP contribution in [0.25, 0.3) is 6.08 Å². The van der Waals surface area contributed by atoms with Crippen LogP contribution in [0.15, 0.2) is 55.2 Å². The highest BCUT2D eigenvalue weighted by molar-refractivity contribution is 9.10. The van der Waals surface area contributed by atoms with E-state index in [-0.39, 0.29) is 5.91 Å². The largest absolute Gasteiger partial charge is 0.441 e. The van der Waals surface area contributed by atoms with Crippen molar-refractivity contribution in [1.29, 1.82) is 0 Å². The smallest absolute Gasteiger partial charge is 0.264 e. The molecule has 0 radical (unpaired) electrons. The summed E-state index contributed by atoms with van der Waals surface area (Å²) in [7, 11) is 0. The van der Waals surface area contributed by atoms with E-state index in [1.807, 2.05) is 36.4 Å². The summed E-state index contributed by atoms with van der Waals surface area (Å²) in [4.78, 5) is 19.3. The van der Waals surface area contributed by atoms with Crippen LogP contribution >= 0.6 is 27.7 Å². The second-order valence-corrected chi connectivity index (χ2v) is 7.25. The number of furan rings is 1. The molecule has 7 heteroatoms. The number of amides is 1. The molecule has 1 aromatic heterocycles. The van der Waals surface area contributed by atoms with Gasteiger partial charge in [0, 0.05) is 29.7 Å². The van der Waals surface area contributed by atoms with Crippen LogP contribution in [0, 0.1) is 0 Å². The second kappa shape index (κ2) is 7.93. The molecular weight excluding hydrogens is 402 g/mol. The fourth-order valence-electron chi connectivity index (χ4n) is 2.37. The molecule has 1 aliphatic heterocycles. The van der Waals surface area contributed by atoms with E-state index in [9.17, 15) is 4.79 Å². The van der Waals surface area contributed by atoms with Gasteiger partial charge in [-0.15, -0.1) is 0 Å². The molecule has 1 N–H and O–H groups in total. The number of carbonyl (C=O) groups is 1. The van der Waals surface area contributed by atoms with Crippen molar-refractivity contribution in [2.45, 2.75) is 13.8 Å². The van der Waals surface area contributed by atoms with Gasteiger partial charge in [-0.1, -0.05) is 15.9 Å². The van der Waals surface area contributed by atoms with Crippen molar-refractivity contribution in [3.8, 4) is 0 Å². The van der Waals surface area contributed by atoms with Gasteiger partial charge >= 0.3 is 0 Å². The standard InChI is InChI=1S/C18H18BrN3O2S/c1-3-22(4-2)16-10-9-14(24-16)11-15-17(23)21-18(25-15)20-13-7-5-12(19)6-8-13/h5-11H,3-4H2,1-2H3,(H,20,21,23). The van der Waals surface area contributed by atoms with Gasteiger partial charge in [0.1, 0.15) is 5.76 Å². The topological polar surface area (TPSA) is 57.8 Å². The van der Waals surface area contributed by atoms with Crippen LogP contribution in [-0.4, -0.2) is 24.2 Å². The molecular formula is C18H18BrN3O2S. The molecule has 0 aliphatic carbocycles. The van der Waals surface area contributed by atoms with Gasteiger partial charge in [0.05, 0.1) is 10.6 Å². The highest BCUT2D eigenvalue weighted by atomic mass is 79.9. The summed E-state index contributed by atoms with van der Waals surface area (Å²) in [6, 6.07) is 11.4. The van der Waals surface area contributed by atoms with Gasteiger partial charge in [-0.25, -0.2) is 4.99 Å². The molecule has 0 saturated carbocycles. The maximum absolute atomic E-state index is 12.1. The molecule has 2 aromatic rings. The number of benzene rings is 1. The summed E-state index contributed by atoms with van der Waals surface area (Å²) in [5.41, 5.74) is 0.786. The van der Waals surface area contributed by atoms with E-state index in [2.05, 4.69) is 45.0 Å². The van der Waals surface area contributed by atoms with Crippen LogP contribution in [0.2, 0.25) is 0 Å². The molecule has 130 valence electrons. The Kier molecular flexibility index (Phi) is 5.65. The van der Waals surface area contributed by atoms with Gasteiger partial charge in [-0.05, 0) is 55.9 Å². The summed E-state index contributed by atoms with van der Waals surface area (Å²) in [5, 5.41) is 3.35. The number of nitrogens with zero attached hydrogens (tertiary/aromatic N) is 2. The minimum Gasteiger partial charge on any atom is -0.441 e. The van der Waals surface area contributed by atoms with Gasteiger partial charge < -0.3 is 14.6 Å². The number of carbonyl (C=O) groups excluding carboxylic acids is 1. The van der Waals surface area contributed by atoms with Crippen molar-refractivity contribution in [2.24, 2.45) is 4.99 Å². The molecule has 0 bridgehead atoms. The summed E-state index contributed by atoms with van der Waals surface area (Å²) < 4.78 is 6.80. The van der Waals surface area contributed by atoms with Crippen molar-refractivity contribution in [1.82, 2.24) is 5.32 Å². The third-order valence-corrected chi connectivity index (χ3v) is 5.11. The number of amidine groups is 1. The third-order valence-electron chi connectivity index (χ3n) is 3.67. The number of hydrogen-bond donors (Lipinski definition) is 1. The number of nitrogens with one attached hydrogen (secondary N) is 1. The zero-order valence-electron chi connectivity index (χ0n) is 14.0. The fourth-order valence-corrected chi connectivity index (χ4v) is 3.45. The predicted molar refractivity (Wildman–Crippen MR) is 107 cm³/mol. The number of anilines is 1. The van der Waals surface area contributed by atoms with Crippen LogP contribution in [0.4, 0.5) is 11.6 Å². The van der Waals surface area contributed by atoms with Crippen molar-refractivity contribution in [3.63, 3.8) is 0 Å². The maximum Gasteiger partial charge on any atom is 0.264 e. The average Bonchev–Trinajstić information content (AvgIpc) is 3.19. The summed E-state index contributed by atoms with van der Waals surface area (Å²) in [6.45, 7) is 5.91. The lowest BCUT2D eigenvalue weighted by atomic mass is 10.3. The first-order valence-electron chi connectivity index (χ1n) is 7.99. The highest BCUT2D eigenvalue weighted by Crippen LogP contribution is 2.29. The van der Waals surface area contributed by atoms with E-state index >= 15 is 0 Å². The molecule has 1 saturated heterocycles. The van der Waals surface area contributed by atoms with E-state index in [0.717, 1.165) is 29.1 Å². The van der Waals surface area contributed by atoms with E-state index in [4.69, 9.17) is 4.42 Å². The predicted octanol–water partition coefficient (Wildman–Crippen LogP) is 4.78. The Balaban J connectivity index is 1.76. The Morgan fingerprint density at radius 1 is 1.20 bits per heavy atom. The van der Waals surface area contributed by atoms with Crippen molar-refractivity contribution in [2.75, 3.05) is 18.0 Å². The Morgan fingerprint density at radius 3 is 2.60 bits per heavy atom. The van der Waals surface area contributed by atoms with Crippen LogP contribution < -0.4 is 10.2 Å². The number of halogens is 1. The lowest BCUT2D eigenvalue weighted by Gasteiger charge is -2.16. The number of thioether (sulfide) groups is 1. The molecule has 0 spiro atoms. The first-order chi connectivity index (χ1) is 12.1. The summed E-state index contributed by atoms with van der Waals surface area (Å²) in [6.07, 6.45) is 1.75. The van der Waals surface area contributed by atoms with E-state index < -0.39 is 0 Å². The van der Waals surface area contributed by atoms with Gasteiger partial charge in [-0.3, -0.25) is 4.79 Å². The molecule has 5 nitrogen and oxygen atoms in total. The first-order valence-corrected chi connectivity index (χ1v) is 9.60. The lowest BCUT2D eigenvalue weighted by molar-refractivity contribution is -0.115. The average molecular weight is 420 g/mol. The Morgan fingerprint density at radius 2 is 1.92 bits per heavy atom. The fraction of sp³-hybridized carbons (Fsp3) is 0.222. The van der Waals surface area contributed by atoms with Crippen molar-refractivity contribution in [3.05, 3.63) is 51.5 Å². The quantitative estimate of drug-likeness (QED) is 0.708. The van der Waals surface area contributed by atoms with Gasteiger partial charge in [0.15, 0.2) is 11.1 Å². The normalized spacial score (nSPS) is 17.3. The van der Waals surface area contributed by atoms with Crippen LogP contribution in [0.3, 0.4) is 0 Å². The first kappa shape index (κ1) is 17.8. The molecule has 0 atom stereocenters. The Hall–Kier alpha value is -1.99. The monoisotopic (exact) mass is 419 g/mol.